The van der Waals surface area contributed by atoms with Gasteiger partial charge in [0, 0.05) is 45.6 Å². The maximum Gasteiger partial charge on any atom is 0.214 e. The van der Waals surface area contributed by atoms with Crippen molar-refractivity contribution in [3.05, 3.63) is 69.3 Å². The smallest absolute Gasteiger partial charge is 0.214 e. The first-order valence-electron chi connectivity index (χ1n) is 7.54. The molecule has 24 heavy (non-hydrogen) atoms. The van der Waals surface area contributed by atoms with Gasteiger partial charge in [0.2, 0.25) is 11.2 Å². The lowest BCUT2D eigenvalue weighted by Gasteiger charge is -2.13. The molecular formula is C19H15Cl2N2S+. The van der Waals surface area contributed by atoms with Gasteiger partial charge in [-0.15, -0.1) is 0 Å². The summed E-state index contributed by atoms with van der Waals surface area (Å²) in [5.74, 6) is 0. The first kappa shape index (κ1) is 15.8. The zero-order valence-electron chi connectivity index (χ0n) is 13.3. The molecule has 2 nitrogen and oxygen atoms in total. The van der Waals surface area contributed by atoms with Gasteiger partial charge in [0.05, 0.1) is 10.7 Å². The van der Waals surface area contributed by atoms with Crippen LogP contribution in [0.1, 0.15) is 5.69 Å². The van der Waals surface area contributed by atoms with Crippen LogP contribution < -0.4 is 9.47 Å². The van der Waals surface area contributed by atoms with E-state index in [9.17, 15) is 0 Å². The largest absolute Gasteiger partial charge is 0.338 e. The average Bonchev–Trinajstić information content (AvgIpc) is 2.86. The molecule has 2 aromatic carbocycles. The van der Waals surface area contributed by atoms with Gasteiger partial charge in [-0.2, -0.15) is 4.57 Å². The second kappa shape index (κ2) is 5.99. The highest BCUT2D eigenvalue weighted by molar-refractivity contribution is 8.03. The topological polar surface area (TPSA) is 7.12 Å². The summed E-state index contributed by atoms with van der Waals surface area (Å²) < 4.78 is 2.17. The van der Waals surface area contributed by atoms with E-state index in [1.165, 1.54) is 21.0 Å². The Balaban J connectivity index is 1.79. The quantitative estimate of drug-likeness (QED) is 0.519. The number of hydrogen-bond donors (Lipinski definition) is 0. The number of nitrogens with zero attached hydrogens (tertiary/aromatic N) is 2. The van der Waals surface area contributed by atoms with Crippen molar-refractivity contribution in [2.75, 3.05) is 11.9 Å². The van der Waals surface area contributed by atoms with Crippen molar-refractivity contribution < 1.29 is 4.57 Å². The van der Waals surface area contributed by atoms with E-state index in [0.29, 0.717) is 0 Å². The van der Waals surface area contributed by atoms with Crippen LogP contribution in [0.5, 0.6) is 0 Å². The average molecular weight is 374 g/mol. The molecule has 0 radical (unpaired) electrons. The maximum absolute atomic E-state index is 6.16. The van der Waals surface area contributed by atoms with Gasteiger partial charge in [-0.05, 0) is 36.4 Å². The van der Waals surface area contributed by atoms with Crippen LogP contribution in [0.2, 0.25) is 10.0 Å². The number of rotatable bonds is 1. The van der Waals surface area contributed by atoms with Gasteiger partial charge < -0.3 is 4.90 Å². The van der Waals surface area contributed by atoms with Gasteiger partial charge >= 0.3 is 0 Å². The fourth-order valence-electron chi connectivity index (χ4n) is 2.92. The first-order chi connectivity index (χ1) is 11.5. The second-order valence-corrected chi connectivity index (χ2v) is 7.71. The zero-order chi connectivity index (χ0) is 16.8. The molecule has 0 amide bonds. The molecule has 0 unspecified atom stereocenters. The minimum Gasteiger partial charge on any atom is -0.338 e. The molecule has 0 bridgehead atoms. The number of thioether (sulfide) groups is 1. The Kier molecular flexibility index (Phi) is 3.95. The molecule has 120 valence electrons. The molecule has 0 atom stereocenters. The summed E-state index contributed by atoms with van der Waals surface area (Å²) in [6.07, 6.45) is 2.19. The molecule has 0 spiro atoms. The van der Waals surface area contributed by atoms with Crippen LogP contribution in [0.3, 0.4) is 0 Å². The normalized spacial score (nSPS) is 15.3. The molecule has 4 rings (SSSR count). The van der Waals surface area contributed by atoms with Crippen molar-refractivity contribution in [1.29, 1.82) is 0 Å². The minimum absolute atomic E-state index is 0.748. The number of aromatic nitrogens is 1. The van der Waals surface area contributed by atoms with Crippen molar-refractivity contribution in [1.82, 2.24) is 0 Å². The van der Waals surface area contributed by atoms with Crippen LogP contribution in [0.15, 0.2) is 58.5 Å². The van der Waals surface area contributed by atoms with E-state index in [1.54, 1.807) is 11.8 Å². The van der Waals surface area contributed by atoms with Crippen LogP contribution in [0.4, 0.5) is 5.69 Å². The van der Waals surface area contributed by atoms with Crippen molar-refractivity contribution in [2.45, 2.75) is 4.90 Å². The van der Waals surface area contributed by atoms with Gasteiger partial charge in [0.15, 0.2) is 0 Å². The molecule has 3 aromatic rings. The summed E-state index contributed by atoms with van der Waals surface area (Å²) in [6.45, 7) is 0. The van der Waals surface area contributed by atoms with Crippen molar-refractivity contribution in [3.63, 3.8) is 0 Å². The standard InChI is InChI=1S/C19H15Cl2N2S/c1-22-15(7-4-12-3-5-13(20)9-17(12)22)11-19-23(2)16-8-6-14(21)10-18(16)24-19/h3-11H,1-2H3/q+1. The monoisotopic (exact) mass is 373 g/mol. The second-order valence-electron chi connectivity index (χ2n) is 5.78. The highest BCUT2D eigenvalue weighted by Gasteiger charge is 2.23. The Morgan fingerprint density at radius 3 is 2.54 bits per heavy atom. The van der Waals surface area contributed by atoms with Crippen LogP contribution in [0, 0.1) is 0 Å². The Hall–Kier alpha value is -1.68. The van der Waals surface area contributed by atoms with Gasteiger partial charge in [-0.1, -0.05) is 35.0 Å². The highest BCUT2D eigenvalue weighted by atomic mass is 35.5. The van der Waals surface area contributed by atoms with Gasteiger partial charge in [0.1, 0.15) is 7.05 Å². The number of pyridine rings is 1. The summed E-state index contributed by atoms with van der Waals surface area (Å²) in [5, 5.41) is 3.86. The van der Waals surface area contributed by atoms with Crippen LogP contribution in [-0.2, 0) is 7.05 Å². The number of benzene rings is 2. The number of hydrogen-bond acceptors (Lipinski definition) is 2. The summed E-state index contributed by atoms with van der Waals surface area (Å²) in [7, 11) is 4.14. The molecule has 2 heterocycles. The predicted molar refractivity (Wildman–Crippen MR) is 104 cm³/mol. The third-order valence-electron chi connectivity index (χ3n) is 4.27. The van der Waals surface area contributed by atoms with E-state index >= 15 is 0 Å². The lowest BCUT2D eigenvalue weighted by Crippen LogP contribution is -2.33. The Morgan fingerprint density at radius 1 is 1.00 bits per heavy atom. The number of halogens is 2. The van der Waals surface area contributed by atoms with Crippen molar-refractivity contribution >= 4 is 57.6 Å². The summed E-state index contributed by atoms with van der Waals surface area (Å²) in [6, 6.07) is 16.2. The van der Waals surface area contributed by atoms with Crippen molar-refractivity contribution in [3.8, 4) is 0 Å². The first-order valence-corrected chi connectivity index (χ1v) is 9.11. The van der Waals surface area contributed by atoms with E-state index in [1.807, 2.05) is 30.3 Å². The molecule has 5 heteroatoms. The number of anilines is 1. The third kappa shape index (κ3) is 2.67. The van der Waals surface area contributed by atoms with Crippen LogP contribution >= 0.6 is 35.0 Å². The van der Waals surface area contributed by atoms with E-state index in [-0.39, 0.29) is 0 Å². The molecule has 0 N–H and O–H groups in total. The SMILES string of the molecule is CN1/C(=C/c2ccc3ccc(Cl)cc3[n+]2C)Sc2cc(Cl)ccc21. The molecule has 0 saturated carbocycles. The van der Waals surface area contributed by atoms with Crippen LogP contribution in [-0.4, -0.2) is 7.05 Å². The summed E-state index contributed by atoms with van der Waals surface area (Å²) >= 11 is 14.0. The fourth-order valence-corrected chi connectivity index (χ4v) is 4.46. The molecule has 1 aliphatic rings. The number of aryl methyl sites for hydroxylation is 1. The molecular weight excluding hydrogens is 359 g/mol. The maximum atomic E-state index is 6.16. The highest BCUT2D eigenvalue weighted by Crippen LogP contribution is 2.46. The summed E-state index contributed by atoms with van der Waals surface area (Å²) in [5.41, 5.74) is 3.42. The molecule has 0 aliphatic carbocycles. The molecule has 0 fully saturated rings. The van der Waals surface area contributed by atoms with E-state index < -0.39 is 0 Å². The van der Waals surface area contributed by atoms with Gasteiger partial charge in [-0.3, -0.25) is 0 Å². The van der Waals surface area contributed by atoms with Crippen molar-refractivity contribution in [2.24, 2.45) is 7.05 Å². The lowest BCUT2D eigenvalue weighted by molar-refractivity contribution is -0.646. The molecule has 0 saturated heterocycles. The number of fused-ring (bicyclic) bond motifs is 2. The predicted octanol–water partition coefficient (Wildman–Crippen LogP) is 5.51. The molecule has 1 aliphatic heterocycles. The third-order valence-corrected chi connectivity index (χ3v) is 5.89. The zero-order valence-corrected chi connectivity index (χ0v) is 15.6. The Bertz CT molecular complexity index is 998. The Labute approximate surface area is 155 Å². The van der Waals surface area contributed by atoms with E-state index in [4.69, 9.17) is 23.2 Å². The summed E-state index contributed by atoms with van der Waals surface area (Å²) in [4.78, 5) is 3.38. The van der Waals surface area contributed by atoms with Gasteiger partial charge in [-0.25, -0.2) is 0 Å². The van der Waals surface area contributed by atoms with E-state index in [2.05, 4.69) is 47.8 Å². The van der Waals surface area contributed by atoms with E-state index in [0.717, 1.165) is 21.3 Å². The Morgan fingerprint density at radius 2 is 1.71 bits per heavy atom. The minimum atomic E-state index is 0.748. The van der Waals surface area contributed by atoms with Gasteiger partial charge in [0.25, 0.3) is 0 Å². The molecule has 1 aromatic heterocycles. The van der Waals surface area contributed by atoms with Crippen LogP contribution in [0.25, 0.3) is 17.0 Å². The fraction of sp³-hybridized carbons (Fsp3) is 0.105. The lowest BCUT2D eigenvalue weighted by atomic mass is 10.2.